The van der Waals surface area contributed by atoms with E-state index in [1.54, 1.807) is 6.07 Å². The van der Waals surface area contributed by atoms with Crippen molar-refractivity contribution in [3.05, 3.63) is 65.2 Å². The molecule has 2 amide bonds. The maximum atomic E-state index is 13.5. The predicted octanol–water partition coefficient (Wildman–Crippen LogP) is 4.83. The molecule has 0 spiro atoms. The lowest BCUT2D eigenvalue weighted by Crippen LogP contribution is -2.50. The zero-order valence-corrected chi connectivity index (χ0v) is 21.2. The molecule has 11 heteroatoms. The topological polar surface area (TPSA) is 91.8 Å². The van der Waals surface area contributed by atoms with Crippen molar-refractivity contribution in [1.29, 1.82) is 0 Å². The van der Waals surface area contributed by atoms with Crippen molar-refractivity contribution in [3.63, 3.8) is 0 Å². The number of pyridine rings is 1. The average molecular weight is 538 g/mol. The molecule has 1 aromatic carbocycles. The van der Waals surface area contributed by atoms with E-state index in [2.05, 4.69) is 10.3 Å². The number of hydrogen-bond acceptors (Lipinski definition) is 5. The van der Waals surface area contributed by atoms with E-state index in [9.17, 15) is 32.3 Å². The second-order valence-corrected chi connectivity index (χ2v) is 10.3. The van der Waals surface area contributed by atoms with E-state index in [0.717, 1.165) is 31.2 Å². The number of carbonyl (C=O) groups excluding carboxylic acids is 2. The van der Waals surface area contributed by atoms with Crippen molar-refractivity contribution in [3.8, 4) is 0 Å². The van der Waals surface area contributed by atoms with Gasteiger partial charge in [-0.25, -0.2) is 9.18 Å². The number of alkyl carbamates (subject to hydrolysis) is 1. The zero-order valence-electron chi connectivity index (χ0n) is 21.2. The van der Waals surface area contributed by atoms with E-state index < -0.39 is 29.1 Å². The number of carbonyl (C=O) groups is 2. The summed E-state index contributed by atoms with van der Waals surface area (Å²) in [6.45, 7) is 0.919. The number of aliphatic hydroxyl groups is 1. The molecule has 1 heterocycles. The smallest absolute Gasteiger partial charge is 0.421 e. The minimum atomic E-state index is -4.85. The summed E-state index contributed by atoms with van der Waals surface area (Å²) in [6, 6.07) is 7.79. The normalized spacial score (nSPS) is 23.3. The standard InChI is InChI=1S/C27H31F4N3O4/c1-25(37,27(29,30)31)18-5-3-17(4-6-18)23(35)34(20-8-9-20)21-11-13-26(14-12-21,16-33-24(36)38-2)22-10-7-19(28)15-32-22/h3-7,10,15,20-21,37H,8-9,11-14,16H2,1-2H3,(H,33,36)/t21?,25-,26?/m0/s1. The Balaban J connectivity index is 1.52. The molecule has 0 aliphatic heterocycles. The Morgan fingerprint density at radius 2 is 1.68 bits per heavy atom. The van der Waals surface area contributed by atoms with Gasteiger partial charge in [-0.3, -0.25) is 9.78 Å². The van der Waals surface area contributed by atoms with Crippen LogP contribution in [0.1, 0.15) is 67.1 Å². The highest BCUT2D eigenvalue weighted by Gasteiger charge is 2.51. The Morgan fingerprint density at radius 3 is 2.18 bits per heavy atom. The number of hydrogen-bond donors (Lipinski definition) is 2. The first-order valence-electron chi connectivity index (χ1n) is 12.5. The van der Waals surface area contributed by atoms with Gasteiger partial charge in [-0.1, -0.05) is 12.1 Å². The van der Waals surface area contributed by atoms with Gasteiger partial charge in [0.2, 0.25) is 0 Å². The molecule has 2 N–H and O–H groups in total. The number of rotatable bonds is 7. The van der Waals surface area contributed by atoms with Gasteiger partial charge in [0, 0.05) is 35.3 Å². The molecule has 1 aromatic heterocycles. The molecule has 2 aliphatic rings. The van der Waals surface area contributed by atoms with Crippen LogP contribution in [0.2, 0.25) is 0 Å². The van der Waals surface area contributed by atoms with E-state index in [-0.39, 0.29) is 35.7 Å². The number of nitrogens with zero attached hydrogens (tertiary/aromatic N) is 2. The van der Waals surface area contributed by atoms with E-state index >= 15 is 0 Å². The third-order valence-electron chi connectivity index (χ3n) is 7.75. The fourth-order valence-corrected chi connectivity index (χ4v) is 5.19. The van der Waals surface area contributed by atoms with Gasteiger partial charge in [0.1, 0.15) is 5.82 Å². The first-order chi connectivity index (χ1) is 17.9. The molecule has 2 aromatic rings. The second-order valence-electron chi connectivity index (χ2n) is 10.3. The number of benzene rings is 1. The van der Waals surface area contributed by atoms with Gasteiger partial charge >= 0.3 is 12.3 Å². The van der Waals surface area contributed by atoms with Crippen molar-refractivity contribution in [2.24, 2.45) is 0 Å². The van der Waals surface area contributed by atoms with Gasteiger partial charge in [-0.15, -0.1) is 0 Å². The highest BCUT2D eigenvalue weighted by atomic mass is 19.4. The number of halogens is 4. The zero-order chi connectivity index (χ0) is 27.7. The van der Waals surface area contributed by atoms with Gasteiger partial charge in [-0.2, -0.15) is 13.2 Å². The Bertz CT molecular complexity index is 1140. The third kappa shape index (κ3) is 5.62. The van der Waals surface area contributed by atoms with Crippen LogP contribution in [0.5, 0.6) is 0 Å². The minimum Gasteiger partial charge on any atom is -0.453 e. The molecule has 1 atom stereocenters. The summed E-state index contributed by atoms with van der Waals surface area (Å²) < 4.78 is 57.9. The average Bonchev–Trinajstić information content (AvgIpc) is 3.73. The molecule has 4 rings (SSSR count). The lowest BCUT2D eigenvalue weighted by Gasteiger charge is -2.43. The lowest BCUT2D eigenvalue weighted by atomic mass is 9.69. The summed E-state index contributed by atoms with van der Waals surface area (Å²) in [6.07, 6.45) is -0.257. The maximum Gasteiger partial charge on any atom is 0.421 e. The van der Waals surface area contributed by atoms with Gasteiger partial charge in [-0.05, 0) is 75.3 Å². The van der Waals surface area contributed by atoms with Crippen LogP contribution in [0.25, 0.3) is 0 Å². The second kappa shape index (κ2) is 10.5. The summed E-state index contributed by atoms with van der Waals surface area (Å²) >= 11 is 0. The first-order valence-corrected chi connectivity index (χ1v) is 12.5. The van der Waals surface area contributed by atoms with Crippen LogP contribution in [-0.4, -0.2) is 58.9 Å². The molecule has 38 heavy (non-hydrogen) atoms. The molecule has 206 valence electrons. The van der Waals surface area contributed by atoms with Gasteiger partial charge in [0.15, 0.2) is 5.60 Å². The highest BCUT2D eigenvalue weighted by Crippen LogP contribution is 2.43. The van der Waals surface area contributed by atoms with Crippen molar-refractivity contribution >= 4 is 12.0 Å². The van der Waals surface area contributed by atoms with Crippen molar-refractivity contribution in [2.75, 3.05) is 13.7 Å². The molecule has 0 radical (unpaired) electrons. The number of methoxy groups -OCH3 is 1. The monoisotopic (exact) mass is 537 g/mol. The molecule has 2 fully saturated rings. The van der Waals surface area contributed by atoms with Crippen LogP contribution in [0.3, 0.4) is 0 Å². The lowest BCUT2D eigenvalue weighted by molar-refractivity contribution is -0.258. The third-order valence-corrected chi connectivity index (χ3v) is 7.75. The number of amides is 2. The molecule has 0 saturated heterocycles. The number of ether oxygens (including phenoxy) is 1. The number of alkyl halides is 3. The van der Waals surface area contributed by atoms with E-state index in [1.165, 1.54) is 25.3 Å². The van der Waals surface area contributed by atoms with Crippen LogP contribution in [0.15, 0.2) is 42.6 Å². The van der Waals surface area contributed by atoms with Crippen LogP contribution >= 0.6 is 0 Å². The predicted molar refractivity (Wildman–Crippen MR) is 130 cm³/mol. The largest absolute Gasteiger partial charge is 0.453 e. The first kappa shape index (κ1) is 27.8. The minimum absolute atomic E-state index is 0.0510. The Labute approximate surface area is 218 Å². The molecule has 0 unspecified atom stereocenters. The molecule has 7 nitrogen and oxygen atoms in total. The fraction of sp³-hybridized carbons (Fsp3) is 0.519. The summed E-state index contributed by atoms with van der Waals surface area (Å²) in [5.41, 5.74) is -3.04. The molecule has 2 saturated carbocycles. The quantitative estimate of drug-likeness (QED) is 0.494. The molecule has 0 bridgehead atoms. The van der Waals surface area contributed by atoms with Crippen molar-refractivity contribution < 1.29 is 37.0 Å². The molecule has 2 aliphatic carbocycles. The van der Waals surface area contributed by atoms with Crippen LogP contribution in [0, 0.1) is 5.82 Å². The van der Waals surface area contributed by atoms with E-state index in [0.29, 0.717) is 38.3 Å². The van der Waals surface area contributed by atoms with Gasteiger partial charge in [0.25, 0.3) is 5.91 Å². The Kier molecular flexibility index (Phi) is 7.69. The van der Waals surface area contributed by atoms with Crippen molar-refractivity contribution in [1.82, 2.24) is 15.2 Å². The number of nitrogens with one attached hydrogen (secondary N) is 1. The summed E-state index contributed by atoms with van der Waals surface area (Å²) in [5.74, 6) is -0.734. The maximum absolute atomic E-state index is 13.5. The Hall–Kier alpha value is -3.21. The number of aromatic nitrogens is 1. The van der Waals surface area contributed by atoms with Crippen LogP contribution in [0.4, 0.5) is 22.4 Å². The fourth-order valence-electron chi connectivity index (χ4n) is 5.19. The Morgan fingerprint density at radius 1 is 1.08 bits per heavy atom. The van der Waals surface area contributed by atoms with Gasteiger partial charge < -0.3 is 20.1 Å². The summed E-state index contributed by atoms with van der Waals surface area (Å²) in [4.78, 5) is 31.4. The highest BCUT2D eigenvalue weighted by molar-refractivity contribution is 5.95. The van der Waals surface area contributed by atoms with E-state index in [1.807, 2.05) is 4.90 Å². The van der Waals surface area contributed by atoms with Crippen LogP contribution in [-0.2, 0) is 15.8 Å². The SMILES string of the molecule is COC(=O)NCC1(c2ccc(F)cn2)CCC(N(C(=O)c2ccc([C@](C)(O)C(F)(F)F)cc2)C2CC2)CC1. The van der Waals surface area contributed by atoms with Crippen LogP contribution < -0.4 is 5.32 Å². The summed E-state index contributed by atoms with van der Waals surface area (Å²) in [5, 5.41) is 12.7. The molecular weight excluding hydrogens is 506 g/mol. The summed E-state index contributed by atoms with van der Waals surface area (Å²) in [7, 11) is 1.27. The van der Waals surface area contributed by atoms with Gasteiger partial charge in [0.05, 0.1) is 13.3 Å². The van der Waals surface area contributed by atoms with Crippen molar-refractivity contribution in [2.45, 2.75) is 74.7 Å². The molecular formula is C27H31F4N3O4. The van der Waals surface area contributed by atoms with E-state index in [4.69, 9.17) is 4.74 Å².